The van der Waals surface area contributed by atoms with Crippen LogP contribution in [0.1, 0.15) is 31.0 Å². The third-order valence-corrected chi connectivity index (χ3v) is 7.60. The normalized spacial score (nSPS) is 15.9. The van der Waals surface area contributed by atoms with E-state index in [0.29, 0.717) is 11.7 Å². The number of hydrogen-bond acceptors (Lipinski definition) is 7. The summed E-state index contributed by atoms with van der Waals surface area (Å²) in [4.78, 5) is 26.7. The molecule has 1 aliphatic rings. The first-order valence-corrected chi connectivity index (χ1v) is 13.3. The van der Waals surface area contributed by atoms with Gasteiger partial charge in [0.2, 0.25) is 9.84 Å². The number of rotatable bonds is 5. The van der Waals surface area contributed by atoms with Gasteiger partial charge in [-0.1, -0.05) is 42.8 Å². The van der Waals surface area contributed by atoms with Gasteiger partial charge in [0.25, 0.3) is 0 Å². The molecule has 1 aliphatic heterocycles. The lowest BCUT2D eigenvalue weighted by Gasteiger charge is -2.32. The minimum Gasteiger partial charge on any atom is -0.356 e. The topological polar surface area (TPSA) is 97.3 Å². The molecule has 12 heteroatoms. The molecule has 0 saturated carbocycles. The predicted octanol–water partition coefficient (Wildman–Crippen LogP) is 5.44. The number of carbonyl (C=O) groups excluding carboxylic acids is 2. The molecule has 1 atom stereocenters. The van der Waals surface area contributed by atoms with Crippen molar-refractivity contribution >= 4 is 33.4 Å². The Kier molecular flexibility index (Phi) is 9.07. The van der Waals surface area contributed by atoms with E-state index in [1.54, 1.807) is 24.3 Å². The van der Waals surface area contributed by atoms with Crippen LogP contribution in [0, 0.1) is 5.92 Å². The second-order valence-electron chi connectivity index (χ2n) is 8.55. The third-order valence-electron chi connectivity index (χ3n) is 5.73. The molecule has 2 aromatic heterocycles. The highest BCUT2D eigenvalue weighted by molar-refractivity contribution is 7.90. The van der Waals surface area contributed by atoms with Gasteiger partial charge >= 0.3 is 12.3 Å². The van der Waals surface area contributed by atoms with Gasteiger partial charge in [0.05, 0.1) is 22.7 Å². The zero-order valence-corrected chi connectivity index (χ0v) is 21.3. The number of anilines is 1. The highest BCUT2D eigenvalue weighted by atomic mass is 35.5. The zero-order valence-electron chi connectivity index (χ0n) is 19.7. The summed E-state index contributed by atoms with van der Waals surface area (Å²) in [5.74, 6) is 0.468. The van der Waals surface area contributed by atoms with E-state index in [-0.39, 0.29) is 27.5 Å². The summed E-state index contributed by atoms with van der Waals surface area (Å²) in [5.41, 5.74) is -1.34. The number of aromatic nitrogens is 2. The number of halogens is 4. The zero-order chi connectivity index (χ0) is 27.2. The van der Waals surface area contributed by atoms with Gasteiger partial charge in [-0.05, 0) is 49.1 Å². The fourth-order valence-electron chi connectivity index (χ4n) is 4.09. The van der Waals surface area contributed by atoms with Crippen LogP contribution in [0.3, 0.4) is 0 Å². The first-order valence-electron chi connectivity index (χ1n) is 11.2. The summed E-state index contributed by atoms with van der Waals surface area (Å²) in [6.45, 7) is 3.72. The molecule has 3 heterocycles. The van der Waals surface area contributed by atoms with Crippen LogP contribution in [0.4, 0.5) is 19.0 Å². The minimum atomic E-state index is -4.68. The van der Waals surface area contributed by atoms with Crippen LogP contribution in [0.5, 0.6) is 0 Å². The summed E-state index contributed by atoms with van der Waals surface area (Å²) in [7, 11) is -3.96. The summed E-state index contributed by atoms with van der Waals surface area (Å²) >= 11 is 6.12. The van der Waals surface area contributed by atoms with Crippen LogP contribution in [-0.4, -0.2) is 37.6 Å². The predicted molar refractivity (Wildman–Crippen MR) is 130 cm³/mol. The lowest BCUT2D eigenvalue weighted by molar-refractivity contribution is -0.191. The van der Waals surface area contributed by atoms with E-state index in [1.165, 1.54) is 18.2 Å². The van der Waals surface area contributed by atoms with Crippen molar-refractivity contribution in [2.75, 3.05) is 18.0 Å². The molecule has 3 aromatic rings. The molecule has 0 bridgehead atoms. The first kappa shape index (κ1) is 28.3. The lowest BCUT2D eigenvalue weighted by Crippen LogP contribution is -2.35. The Morgan fingerprint density at radius 2 is 1.76 bits per heavy atom. The SMILES string of the molecule is C[C@H]1CCCN(c2cccc(S(=O)(=O)Cc3ccc(C(F)(F)F)c(-c4ccccc4Cl)n3)n2)C1.O=C=O. The Hall–Kier alpha value is -3.27. The number of benzene rings is 1. The van der Waals surface area contributed by atoms with Gasteiger partial charge in [-0.3, -0.25) is 4.98 Å². The highest BCUT2D eigenvalue weighted by Crippen LogP contribution is 2.38. The fraction of sp³-hybridized carbons (Fsp3) is 0.320. The Balaban J connectivity index is 0.00000121. The van der Waals surface area contributed by atoms with Crippen molar-refractivity contribution < 1.29 is 31.2 Å². The van der Waals surface area contributed by atoms with Crippen LogP contribution in [0.15, 0.2) is 59.6 Å². The van der Waals surface area contributed by atoms with E-state index in [4.69, 9.17) is 21.2 Å². The van der Waals surface area contributed by atoms with Crippen molar-refractivity contribution in [1.82, 2.24) is 9.97 Å². The Morgan fingerprint density at radius 3 is 2.41 bits per heavy atom. The van der Waals surface area contributed by atoms with Crippen molar-refractivity contribution in [3.8, 4) is 11.3 Å². The van der Waals surface area contributed by atoms with Crippen LogP contribution < -0.4 is 4.90 Å². The first-order chi connectivity index (χ1) is 17.5. The number of nitrogens with zero attached hydrogens (tertiary/aromatic N) is 3. The van der Waals surface area contributed by atoms with Crippen molar-refractivity contribution in [1.29, 1.82) is 0 Å². The molecular weight excluding hydrogens is 531 g/mol. The molecule has 196 valence electrons. The number of piperidine rings is 1. The van der Waals surface area contributed by atoms with Crippen LogP contribution >= 0.6 is 11.6 Å². The third kappa shape index (κ3) is 7.15. The summed E-state index contributed by atoms with van der Waals surface area (Å²) in [5, 5.41) is -0.0464. The molecule has 0 spiro atoms. The van der Waals surface area contributed by atoms with Crippen molar-refractivity contribution in [2.45, 2.75) is 36.7 Å². The summed E-state index contributed by atoms with van der Waals surface area (Å²) in [6.07, 6.45) is -2.32. The molecule has 7 nitrogen and oxygen atoms in total. The maximum absolute atomic E-state index is 13.6. The van der Waals surface area contributed by atoms with Crippen LogP contribution in [-0.2, 0) is 31.4 Å². The van der Waals surface area contributed by atoms with E-state index in [2.05, 4.69) is 21.8 Å². The van der Waals surface area contributed by atoms with E-state index < -0.39 is 33.0 Å². The number of sulfone groups is 1. The molecule has 1 aromatic carbocycles. The van der Waals surface area contributed by atoms with Gasteiger partial charge < -0.3 is 4.90 Å². The Bertz CT molecular complexity index is 1390. The molecule has 1 saturated heterocycles. The standard InChI is InChI=1S/C24H23ClF3N3O2S.CO2/c1-16-6-5-13-31(14-16)21-9-4-10-22(30-21)34(32,33)15-17-11-12-19(24(26,27)28)23(29-17)18-7-2-3-8-20(18)25;2-1-3/h2-4,7-12,16H,5-6,13-15H2,1H3;/t16-;/m0./s1. The highest BCUT2D eigenvalue weighted by Gasteiger charge is 2.35. The number of pyridine rings is 2. The average Bonchev–Trinajstić information content (AvgIpc) is 2.84. The van der Waals surface area contributed by atoms with Crippen molar-refractivity contribution in [3.05, 3.63) is 70.9 Å². The quantitative estimate of drug-likeness (QED) is 0.415. The molecule has 0 aliphatic carbocycles. The largest absolute Gasteiger partial charge is 0.418 e. The smallest absolute Gasteiger partial charge is 0.356 e. The molecule has 37 heavy (non-hydrogen) atoms. The number of alkyl halides is 3. The van der Waals surface area contributed by atoms with Gasteiger partial charge in [-0.25, -0.2) is 13.4 Å². The second kappa shape index (κ2) is 11.9. The average molecular weight is 554 g/mol. The molecule has 4 rings (SSSR count). The molecular formula is C25H23ClF3N3O4S. The Labute approximate surface area is 217 Å². The van der Waals surface area contributed by atoms with Crippen molar-refractivity contribution in [2.24, 2.45) is 5.92 Å². The van der Waals surface area contributed by atoms with Gasteiger partial charge in [0, 0.05) is 23.7 Å². The summed E-state index contributed by atoms with van der Waals surface area (Å²) < 4.78 is 67.2. The van der Waals surface area contributed by atoms with Gasteiger partial charge in [0.15, 0.2) is 5.03 Å². The monoisotopic (exact) mass is 553 g/mol. The van der Waals surface area contributed by atoms with Crippen LogP contribution in [0.2, 0.25) is 5.02 Å². The molecule has 0 amide bonds. The maximum Gasteiger partial charge on any atom is 0.418 e. The van der Waals surface area contributed by atoms with Gasteiger partial charge in [0.1, 0.15) is 5.82 Å². The van der Waals surface area contributed by atoms with Crippen molar-refractivity contribution in [3.63, 3.8) is 0 Å². The fourth-order valence-corrected chi connectivity index (χ4v) is 5.53. The van der Waals surface area contributed by atoms with Gasteiger partial charge in [-0.15, -0.1) is 0 Å². The van der Waals surface area contributed by atoms with E-state index in [0.717, 1.165) is 38.1 Å². The van der Waals surface area contributed by atoms with E-state index >= 15 is 0 Å². The second-order valence-corrected chi connectivity index (χ2v) is 10.9. The maximum atomic E-state index is 13.6. The molecule has 0 N–H and O–H groups in total. The van der Waals surface area contributed by atoms with Crippen LogP contribution in [0.25, 0.3) is 11.3 Å². The molecule has 1 fully saturated rings. The molecule has 0 unspecified atom stereocenters. The minimum absolute atomic E-state index is 0.0262. The lowest BCUT2D eigenvalue weighted by atomic mass is 10.0. The Morgan fingerprint density at radius 1 is 1.05 bits per heavy atom. The molecule has 0 radical (unpaired) electrons. The van der Waals surface area contributed by atoms with E-state index in [1.807, 2.05) is 0 Å². The van der Waals surface area contributed by atoms with Gasteiger partial charge in [-0.2, -0.15) is 22.8 Å². The number of hydrogen-bond donors (Lipinski definition) is 0. The van der Waals surface area contributed by atoms with E-state index in [9.17, 15) is 21.6 Å². The summed E-state index contributed by atoms with van der Waals surface area (Å²) in [6, 6.07) is 12.7.